The second-order valence-corrected chi connectivity index (χ2v) is 5.20. The molecule has 1 saturated heterocycles. The number of nitrogens with one attached hydrogen (secondary N) is 1. The van der Waals surface area contributed by atoms with Crippen LogP contribution in [0, 0.1) is 17.0 Å². The van der Waals surface area contributed by atoms with Gasteiger partial charge in [-0.2, -0.15) is 0 Å². The van der Waals surface area contributed by atoms with Gasteiger partial charge in [0.15, 0.2) is 5.82 Å². The van der Waals surface area contributed by atoms with E-state index in [2.05, 4.69) is 5.32 Å². The summed E-state index contributed by atoms with van der Waals surface area (Å²) in [7, 11) is 0. The molecular weight excluding hydrogens is 290 g/mol. The Kier molecular flexibility index (Phi) is 4.57. The fraction of sp³-hybridized carbons (Fsp3) is 0.462. The number of halogens is 3. The summed E-state index contributed by atoms with van der Waals surface area (Å²) in [5.41, 5.74) is 4.66. The van der Waals surface area contributed by atoms with E-state index in [-0.39, 0.29) is 17.3 Å². The van der Waals surface area contributed by atoms with Crippen molar-refractivity contribution in [3.05, 3.63) is 28.8 Å². The van der Waals surface area contributed by atoms with Crippen molar-refractivity contribution < 1.29 is 18.3 Å². The van der Waals surface area contributed by atoms with E-state index >= 15 is 0 Å². The van der Waals surface area contributed by atoms with Crippen molar-refractivity contribution in [2.75, 3.05) is 25.1 Å². The molecule has 0 unspecified atom stereocenters. The normalized spacial score (nSPS) is 17.8. The Morgan fingerprint density at radius 2 is 2.05 bits per heavy atom. The number of nitrogens with two attached hydrogens (primary N) is 1. The molecule has 0 radical (unpaired) electrons. The Hall–Kier alpha value is -1.24. The summed E-state index contributed by atoms with van der Waals surface area (Å²) >= 11 is 5.76. The number of hydrogen-bond acceptors (Lipinski definition) is 3. The predicted molar refractivity (Wildman–Crippen MR) is 71.5 cm³/mol. The van der Waals surface area contributed by atoms with Crippen LogP contribution in [0.4, 0.5) is 14.5 Å². The molecule has 1 aliphatic heterocycles. The zero-order valence-corrected chi connectivity index (χ0v) is 11.5. The first-order valence-corrected chi connectivity index (χ1v) is 6.60. The number of ether oxygens (including phenoxy) is 1. The van der Waals surface area contributed by atoms with Crippen molar-refractivity contribution in [1.82, 2.24) is 0 Å². The third-order valence-corrected chi connectivity index (χ3v) is 3.87. The molecule has 110 valence electrons. The average molecular weight is 305 g/mol. The summed E-state index contributed by atoms with van der Waals surface area (Å²) in [6.45, 7) is 0.969. The highest BCUT2D eigenvalue weighted by Crippen LogP contribution is 2.33. The van der Waals surface area contributed by atoms with Crippen LogP contribution < -0.4 is 11.1 Å². The standard InChI is InChI=1S/C13H15ClF2N2O2/c14-9-5-8(15)6-10(16)11(9)18-12(19)13(7-17)1-3-20-4-2-13/h5-6H,1-4,7,17H2,(H,18,19). The number of amides is 1. The largest absolute Gasteiger partial charge is 0.381 e. The molecule has 1 aliphatic rings. The van der Waals surface area contributed by atoms with Gasteiger partial charge in [-0.15, -0.1) is 0 Å². The van der Waals surface area contributed by atoms with Crippen LogP contribution in [-0.4, -0.2) is 25.7 Å². The van der Waals surface area contributed by atoms with Crippen molar-refractivity contribution in [3.63, 3.8) is 0 Å². The Balaban J connectivity index is 2.23. The highest BCUT2D eigenvalue weighted by atomic mass is 35.5. The van der Waals surface area contributed by atoms with Gasteiger partial charge in [-0.25, -0.2) is 8.78 Å². The van der Waals surface area contributed by atoms with Gasteiger partial charge in [0.25, 0.3) is 0 Å². The van der Waals surface area contributed by atoms with Gasteiger partial charge in [0.05, 0.1) is 16.1 Å². The van der Waals surface area contributed by atoms with Gasteiger partial charge in [-0.1, -0.05) is 11.6 Å². The monoisotopic (exact) mass is 304 g/mol. The maximum Gasteiger partial charge on any atom is 0.232 e. The first kappa shape index (κ1) is 15.2. The zero-order valence-electron chi connectivity index (χ0n) is 10.7. The number of benzene rings is 1. The molecule has 2 rings (SSSR count). The van der Waals surface area contributed by atoms with Gasteiger partial charge in [0.1, 0.15) is 5.82 Å². The van der Waals surface area contributed by atoms with Crippen LogP contribution in [0.3, 0.4) is 0 Å². The van der Waals surface area contributed by atoms with E-state index in [1.807, 2.05) is 0 Å². The fourth-order valence-corrected chi connectivity index (χ4v) is 2.44. The summed E-state index contributed by atoms with van der Waals surface area (Å²) in [6.07, 6.45) is 0.908. The number of carbonyl (C=O) groups excluding carboxylic acids is 1. The van der Waals surface area contributed by atoms with Crippen LogP contribution in [-0.2, 0) is 9.53 Å². The predicted octanol–water partition coefficient (Wildman–Crippen LogP) is 2.31. The molecule has 4 nitrogen and oxygen atoms in total. The molecule has 3 N–H and O–H groups in total. The molecule has 0 atom stereocenters. The van der Waals surface area contributed by atoms with Gasteiger partial charge in [-0.05, 0) is 18.9 Å². The maximum absolute atomic E-state index is 13.7. The van der Waals surface area contributed by atoms with Crippen LogP contribution in [0.1, 0.15) is 12.8 Å². The van der Waals surface area contributed by atoms with E-state index in [0.29, 0.717) is 32.1 Å². The van der Waals surface area contributed by atoms with Gasteiger partial charge in [0, 0.05) is 25.8 Å². The molecular formula is C13H15ClF2N2O2. The van der Waals surface area contributed by atoms with Crippen LogP contribution in [0.5, 0.6) is 0 Å². The molecule has 1 heterocycles. The van der Waals surface area contributed by atoms with Crippen LogP contribution >= 0.6 is 11.6 Å². The molecule has 7 heteroatoms. The van der Waals surface area contributed by atoms with Gasteiger partial charge >= 0.3 is 0 Å². The van der Waals surface area contributed by atoms with E-state index in [9.17, 15) is 13.6 Å². The van der Waals surface area contributed by atoms with Crippen LogP contribution in [0.2, 0.25) is 5.02 Å². The third-order valence-electron chi connectivity index (χ3n) is 3.57. The third kappa shape index (κ3) is 2.92. The SMILES string of the molecule is NCC1(C(=O)Nc2c(F)cc(F)cc2Cl)CCOCC1. The Bertz CT molecular complexity index is 496. The lowest BCUT2D eigenvalue weighted by atomic mass is 9.79. The molecule has 1 aromatic rings. The van der Waals surface area contributed by atoms with Gasteiger partial charge in [-0.3, -0.25) is 4.79 Å². The Labute approximate surface area is 120 Å². The molecule has 20 heavy (non-hydrogen) atoms. The highest BCUT2D eigenvalue weighted by molar-refractivity contribution is 6.33. The highest BCUT2D eigenvalue weighted by Gasteiger charge is 2.39. The van der Waals surface area contributed by atoms with E-state index in [1.165, 1.54) is 0 Å². The van der Waals surface area contributed by atoms with Crippen molar-refractivity contribution >= 4 is 23.2 Å². The van der Waals surface area contributed by atoms with Crippen LogP contribution in [0.25, 0.3) is 0 Å². The number of carbonyl (C=O) groups is 1. The topological polar surface area (TPSA) is 64.4 Å². The van der Waals surface area contributed by atoms with E-state index < -0.39 is 23.0 Å². The fourth-order valence-electron chi connectivity index (χ4n) is 2.19. The summed E-state index contributed by atoms with van der Waals surface area (Å²) < 4.78 is 31.8. The van der Waals surface area contributed by atoms with Crippen molar-refractivity contribution in [2.45, 2.75) is 12.8 Å². The summed E-state index contributed by atoms with van der Waals surface area (Å²) in [5, 5.41) is 2.23. The lowest BCUT2D eigenvalue weighted by molar-refractivity contribution is -0.130. The Morgan fingerprint density at radius 3 is 2.60 bits per heavy atom. The lowest BCUT2D eigenvalue weighted by Crippen LogP contribution is -2.46. The first-order valence-electron chi connectivity index (χ1n) is 6.22. The number of rotatable bonds is 3. The van der Waals surface area contributed by atoms with Crippen molar-refractivity contribution in [1.29, 1.82) is 0 Å². The maximum atomic E-state index is 13.7. The van der Waals surface area contributed by atoms with E-state index in [1.54, 1.807) is 0 Å². The van der Waals surface area contributed by atoms with Gasteiger partial charge in [0.2, 0.25) is 5.91 Å². The molecule has 0 saturated carbocycles. The average Bonchev–Trinajstić information content (AvgIpc) is 2.43. The minimum absolute atomic E-state index is 0.128. The quantitative estimate of drug-likeness (QED) is 0.900. The number of anilines is 1. The van der Waals surface area contributed by atoms with Crippen molar-refractivity contribution in [3.8, 4) is 0 Å². The summed E-state index contributed by atoms with van der Waals surface area (Å²) in [5.74, 6) is -2.14. The molecule has 0 aliphatic carbocycles. The Morgan fingerprint density at radius 1 is 1.40 bits per heavy atom. The molecule has 0 bridgehead atoms. The summed E-state index contributed by atoms with van der Waals surface area (Å²) in [4.78, 5) is 12.3. The second kappa shape index (κ2) is 6.03. The molecule has 1 amide bonds. The molecule has 1 aromatic carbocycles. The number of hydrogen-bond donors (Lipinski definition) is 2. The summed E-state index contributed by atoms with van der Waals surface area (Å²) in [6, 6.07) is 1.61. The van der Waals surface area contributed by atoms with E-state index in [4.69, 9.17) is 22.1 Å². The lowest BCUT2D eigenvalue weighted by Gasteiger charge is -2.34. The minimum Gasteiger partial charge on any atom is -0.381 e. The first-order chi connectivity index (χ1) is 9.48. The zero-order chi connectivity index (χ0) is 14.8. The van der Waals surface area contributed by atoms with Crippen molar-refractivity contribution in [2.24, 2.45) is 11.1 Å². The molecule has 0 aromatic heterocycles. The molecule has 0 spiro atoms. The minimum atomic E-state index is -0.914. The van der Waals surface area contributed by atoms with E-state index in [0.717, 1.165) is 6.07 Å². The van der Waals surface area contributed by atoms with Crippen LogP contribution in [0.15, 0.2) is 12.1 Å². The molecule has 1 fully saturated rings. The smallest absolute Gasteiger partial charge is 0.232 e. The van der Waals surface area contributed by atoms with Gasteiger partial charge < -0.3 is 15.8 Å². The second-order valence-electron chi connectivity index (χ2n) is 4.80.